The first kappa shape index (κ1) is 23.6. The van der Waals surface area contributed by atoms with Crippen molar-refractivity contribution in [1.29, 1.82) is 5.26 Å². The van der Waals surface area contributed by atoms with Crippen LogP contribution in [0.5, 0.6) is 5.75 Å². The number of pyridine rings is 1. The van der Waals surface area contributed by atoms with E-state index in [-0.39, 0.29) is 6.61 Å². The third kappa shape index (κ3) is 5.89. The lowest BCUT2D eigenvalue weighted by Gasteiger charge is -2.30. The molecule has 2 amide bonds. The van der Waals surface area contributed by atoms with Gasteiger partial charge in [-0.1, -0.05) is 30.3 Å². The fraction of sp³-hybridized carbons (Fsp3) is 0.222. The number of aryl methyl sites for hydroxylation is 1. The van der Waals surface area contributed by atoms with Crippen molar-refractivity contribution in [3.05, 3.63) is 95.3 Å². The number of rotatable bonds is 8. The second-order valence-electron chi connectivity index (χ2n) is 8.03. The number of amides is 2. The summed E-state index contributed by atoms with van der Waals surface area (Å²) < 4.78 is 10.8. The molecule has 2 aromatic carbocycles. The molecule has 0 aliphatic carbocycles. The molecule has 2 heterocycles. The zero-order valence-electron chi connectivity index (χ0n) is 19.2. The Morgan fingerprint density at radius 3 is 2.60 bits per heavy atom. The highest BCUT2D eigenvalue weighted by molar-refractivity contribution is 6.09. The van der Waals surface area contributed by atoms with Gasteiger partial charge in [0.1, 0.15) is 18.3 Å². The van der Waals surface area contributed by atoms with Gasteiger partial charge in [-0.3, -0.25) is 9.78 Å². The van der Waals surface area contributed by atoms with Gasteiger partial charge in [-0.25, -0.2) is 9.79 Å². The van der Waals surface area contributed by atoms with E-state index in [4.69, 9.17) is 14.7 Å². The third-order valence-corrected chi connectivity index (χ3v) is 5.74. The van der Waals surface area contributed by atoms with Crippen molar-refractivity contribution in [2.45, 2.75) is 25.5 Å². The molecule has 0 bridgehead atoms. The van der Waals surface area contributed by atoms with E-state index < -0.39 is 24.0 Å². The molecule has 1 N–H and O–H groups in total. The number of methoxy groups -OCH3 is 1. The van der Waals surface area contributed by atoms with Gasteiger partial charge in [0.05, 0.1) is 30.5 Å². The van der Waals surface area contributed by atoms with E-state index in [1.54, 1.807) is 55.8 Å². The minimum Gasteiger partial charge on any atom is -0.497 e. The van der Waals surface area contributed by atoms with E-state index in [1.165, 1.54) is 0 Å². The molecule has 176 valence electrons. The number of nitriles is 1. The minimum atomic E-state index is -0.833. The van der Waals surface area contributed by atoms with Crippen molar-refractivity contribution in [3.8, 4) is 11.8 Å². The molecule has 0 spiro atoms. The maximum Gasteiger partial charge on any atom is 0.341 e. The molecule has 2 unspecified atom stereocenters. The van der Waals surface area contributed by atoms with E-state index in [1.807, 2.05) is 24.3 Å². The number of benzene rings is 2. The zero-order chi connectivity index (χ0) is 24.6. The molecular weight excluding hydrogens is 444 g/mol. The Balaban J connectivity index is 1.57. The largest absolute Gasteiger partial charge is 0.497 e. The number of hydrogen-bond acceptors (Lipinski definition) is 6. The summed E-state index contributed by atoms with van der Waals surface area (Å²) in [5, 5.41) is 11.9. The molecule has 1 aliphatic heterocycles. The highest BCUT2D eigenvalue weighted by Crippen LogP contribution is 2.29. The van der Waals surface area contributed by atoms with Gasteiger partial charge in [0.25, 0.3) is 0 Å². The summed E-state index contributed by atoms with van der Waals surface area (Å²) in [6.07, 6.45) is 2.59. The van der Waals surface area contributed by atoms with Crippen LogP contribution in [-0.4, -0.2) is 29.8 Å². The topological polar surface area (TPSA) is 114 Å². The summed E-state index contributed by atoms with van der Waals surface area (Å²) >= 11 is 0. The summed E-state index contributed by atoms with van der Waals surface area (Å²) in [7, 11) is 1.61. The van der Waals surface area contributed by atoms with Gasteiger partial charge in [0, 0.05) is 11.9 Å². The number of nitrogens with one attached hydrogen (secondary N) is 1. The SMILES string of the molecule is COc1ccc(CCC2=NC(=O)NC(c3ccccn3)C2C(=O)OCc2cccc(C#N)c2)cc1. The van der Waals surface area contributed by atoms with Gasteiger partial charge in [0.15, 0.2) is 0 Å². The van der Waals surface area contributed by atoms with Crippen molar-refractivity contribution in [1.82, 2.24) is 10.3 Å². The quantitative estimate of drug-likeness (QED) is 0.497. The van der Waals surface area contributed by atoms with Crippen LogP contribution in [0.25, 0.3) is 0 Å². The van der Waals surface area contributed by atoms with Gasteiger partial charge in [0.2, 0.25) is 0 Å². The Morgan fingerprint density at radius 2 is 1.89 bits per heavy atom. The van der Waals surface area contributed by atoms with Crippen molar-refractivity contribution >= 4 is 17.7 Å². The number of ether oxygens (including phenoxy) is 2. The van der Waals surface area contributed by atoms with Crippen LogP contribution in [0.2, 0.25) is 0 Å². The first-order chi connectivity index (χ1) is 17.1. The number of hydrogen-bond donors (Lipinski definition) is 1. The van der Waals surface area contributed by atoms with Crippen molar-refractivity contribution in [2.75, 3.05) is 7.11 Å². The molecule has 35 heavy (non-hydrogen) atoms. The summed E-state index contributed by atoms with van der Waals surface area (Å²) in [6.45, 7) is -0.000498. The van der Waals surface area contributed by atoms with Crippen LogP contribution in [0.4, 0.5) is 4.79 Å². The Bertz CT molecular complexity index is 1270. The van der Waals surface area contributed by atoms with E-state index in [0.29, 0.717) is 35.4 Å². The van der Waals surface area contributed by atoms with Crippen molar-refractivity contribution in [2.24, 2.45) is 10.9 Å². The van der Waals surface area contributed by atoms with Crippen LogP contribution in [0.15, 0.2) is 77.9 Å². The molecule has 8 nitrogen and oxygen atoms in total. The Kier molecular flexibility index (Phi) is 7.48. The number of nitrogens with zero attached hydrogens (tertiary/aromatic N) is 3. The smallest absolute Gasteiger partial charge is 0.341 e. The van der Waals surface area contributed by atoms with Gasteiger partial charge in [-0.15, -0.1) is 0 Å². The van der Waals surface area contributed by atoms with Crippen molar-refractivity contribution in [3.63, 3.8) is 0 Å². The highest BCUT2D eigenvalue weighted by atomic mass is 16.5. The fourth-order valence-electron chi connectivity index (χ4n) is 3.97. The Hall–Kier alpha value is -4.51. The van der Waals surface area contributed by atoms with Crippen LogP contribution in [0.1, 0.15) is 34.8 Å². The first-order valence-electron chi connectivity index (χ1n) is 11.1. The number of carbonyl (C=O) groups is 2. The fourth-order valence-corrected chi connectivity index (χ4v) is 3.97. The number of esters is 1. The summed E-state index contributed by atoms with van der Waals surface area (Å²) in [5.74, 6) is -0.600. The first-order valence-corrected chi connectivity index (χ1v) is 11.1. The number of aliphatic imine (C=N–C) groups is 1. The Labute approximate surface area is 203 Å². The molecule has 0 saturated heterocycles. The van der Waals surface area contributed by atoms with Crippen LogP contribution in [-0.2, 0) is 22.6 Å². The maximum atomic E-state index is 13.4. The summed E-state index contributed by atoms with van der Waals surface area (Å²) in [5.41, 5.74) is 3.19. The predicted octanol–water partition coefficient (Wildman–Crippen LogP) is 4.16. The lowest BCUT2D eigenvalue weighted by molar-refractivity contribution is -0.148. The molecule has 4 rings (SSSR count). The molecule has 8 heteroatoms. The monoisotopic (exact) mass is 468 g/mol. The van der Waals surface area contributed by atoms with E-state index in [0.717, 1.165) is 11.3 Å². The summed E-state index contributed by atoms with van der Waals surface area (Å²) in [4.78, 5) is 34.3. The molecule has 0 radical (unpaired) electrons. The molecular formula is C27H24N4O4. The van der Waals surface area contributed by atoms with Gasteiger partial charge in [-0.05, 0) is 60.4 Å². The maximum absolute atomic E-state index is 13.4. The molecule has 0 saturated carbocycles. The average Bonchev–Trinajstić information content (AvgIpc) is 2.91. The minimum absolute atomic E-state index is 0.000498. The second-order valence-corrected chi connectivity index (χ2v) is 8.03. The van der Waals surface area contributed by atoms with E-state index in [9.17, 15) is 9.59 Å². The lowest BCUT2D eigenvalue weighted by atomic mass is 9.87. The molecule has 1 aliphatic rings. The number of carbonyl (C=O) groups excluding carboxylic acids is 2. The number of urea groups is 1. The highest BCUT2D eigenvalue weighted by Gasteiger charge is 2.40. The zero-order valence-corrected chi connectivity index (χ0v) is 19.2. The average molecular weight is 469 g/mol. The van der Waals surface area contributed by atoms with Crippen LogP contribution in [0.3, 0.4) is 0 Å². The third-order valence-electron chi connectivity index (χ3n) is 5.74. The summed E-state index contributed by atoms with van der Waals surface area (Å²) in [6, 6.07) is 20.7. The molecule has 0 fully saturated rings. The van der Waals surface area contributed by atoms with Gasteiger partial charge < -0.3 is 14.8 Å². The van der Waals surface area contributed by atoms with E-state index in [2.05, 4.69) is 21.4 Å². The lowest BCUT2D eigenvalue weighted by Crippen LogP contribution is -2.45. The molecule has 1 aromatic heterocycles. The second kappa shape index (κ2) is 11.1. The molecule has 2 atom stereocenters. The molecule has 3 aromatic rings. The number of aromatic nitrogens is 1. The standard InChI is InChI=1S/C27H24N4O4/c1-34-21-11-8-18(9-12-21)10-13-22-24(25(31-27(33)30-22)23-7-2-3-14-29-23)26(32)35-17-20-6-4-5-19(15-20)16-28/h2-9,11-12,14-15,24-25H,10,13,17H2,1H3,(H,31,33). The van der Waals surface area contributed by atoms with Crippen LogP contribution < -0.4 is 10.1 Å². The Morgan fingerprint density at radius 1 is 1.06 bits per heavy atom. The van der Waals surface area contributed by atoms with Gasteiger partial charge in [-0.2, -0.15) is 5.26 Å². The van der Waals surface area contributed by atoms with Crippen LogP contribution >= 0.6 is 0 Å². The normalized spacial score (nSPS) is 17.0. The van der Waals surface area contributed by atoms with Crippen LogP contribution in [0, 0.1) is 17.2 Å². The predicted molar refractivity (Wildman–Crippen MR) is 129 cm³/mol. The van der Waals surface area contributed by atoms with E-state index >= 15 is 0 Å². The van der Waals surface area contributed by atoms with Crippen molar-refractivity contribution < 1.29 is 19.1 Å². The van der Waals surface area contributed by atoms with Gasteiger partial charge >= 0.3 is 12.0 Å².